The Morgan fingerprint density at radius 3 is 2.55 bits per heavy atom. The number of nitrogens with two attached hydrogens (primary N) is 1. The Kier molecular flexibility index (Phi) is 3.99. The minimum Gasteiger partial charge on any atom is -0.496 e. The monoisotopic (exact) mass is 291 g/mol. The molecule has 3 N–H and O–H groups in total. The van der Waals surface area contributed by atoms with Crippen LogP contribution in [0.2, 0.25) is 0 Å². The number of aromatic carboxylic acids is 1. The van der Waals surface area contributed by atoms with Gasteiger partial charge in [0.1, 0.15) is 10.6 Å². The summed E-state index contributed by atoms with van der Waals surface area (Å²) < 4.78 is 5.36. The van der Waals surface area contributed by atoms with E-state index in [0.29, 0.717) is 11.4 Å². The van der Waals surface area contributed by atoms with Crippen molar-refractivity contribution in [1.29, 1.82) is 0 Å². The van der Waals surface area contributed by atoms with Crippen molar-refractivity contribution in [1.82, 2.24) is 0 Å². The summed E-state index contributed by atoms with van der Waals surface area (Å²) in [6, 6.07) is 7.56. The number of methoxy groups -OCH3 is 1. The smallest absolute Gasteiger partial charge is 0.348 e. The summed E-state index contributed by atoms with van der Waals surface area (Å²) in [6.07, 6.45) is 0. The standard InChI is InChI=1S/C15H17NO3S/c1-8(2)11-12(16)14(15(17)18)20-13(11)9-6-4-5-7-10(9)19-3/h4-8H,16H2,1-3H3,(H,17,18). The third kappa shape index (κ3) is 2.36. The second kappa shape index (κ2) is 5.54. The van der Waals surface area contributed by atoms with Gasteiger partial charge in [-0.05, 0) is 23.6 Å². The van der Waals surface area contributed by atoms with E-state index in [4.69, 9.17) is 10.5 Å². The molecule has 0 saturated heterocycles. The van der Waals surface area contributed by atoms with Gasteiger partial charge in [-0.3, -0.25) is 0 Å². The molecular formula is C15H17NO3S. The Hall–Kier alpha value is -2.01. The first kappa shape index (κ1) is 14.4. The Morgan fingerprint density at radius 1 is 1.35 bits per heavy atom. The molecule has 2 aromatic rings. The molecular weight excluding hydrogens is 274 g/mol. The SMILES string of the molecule is COc1ccccc1-c1sc(C(=O)O)c(N)c1C(C)C. The predicted octanol–water partition coefficient (Wildman–Crippen LogP) is 3.83. The topological polar surface area (TPSA) is 72.5 Å². The van der Waals surface area contributed by atoms with Gasteiger partial charge in [-0.15, -0.1) is 11.3 Å². The number of thiophene rings is 1. The highest BCUT2D eigenvalue weighted by molar-refractivity contribution is 7.18. The van der Waals surface area contributed by atoms with Crippen LogP contribution >= 0.6 is 11.3 Å². The zero-order valence-electron chi connectivity index (χ0n) is 11.6. The first-order valence-corrected chi connectivity index (χ1v) is 7.07. The largest absolute Gasteiger partial charge is 0.496 e. The molecule has 0 atom stereocenters. The Bertz CT molecular complexity index is 647. The fourth-order valence-electron chi connectivity index (χ4n) is 2.22. The summed E-state index contributed by atoms with van der Waals surface area (Å²) in [5.41, 5.74) is 8.13. The van der Waals surface area contributed by atoms with Crippen LogP contribution in [0.5, 0.6) is 5.75 Å². The van der Waals surface area contributed by atoms with Crippen LogP contribution in [-0.4, -0.2) is 18.2 Å². The number of hydrogen-bond donors (Lipinski definition) is 2. The van der Waals surface area contributed by atoms with Crippen molar-refractivity contribution >= 4 is 23.0 Å². The fourth-order valence-corrected chi connectivity index (χ4v) is 3.47. The average Bonchev–Trinajstić information content (AvgIpc) is 2.76. The molecule has 5 heteroatoms. The lowest BCUT2D eigenvalue weighted by Gasteiger charge is -2.11. The lowest BCUT2D eigenvalue weighted by Crippen LogP contribution is -2.00. The Balaban J connectivity index is 2.73. The van der Waals surface area contributed by atoms with Crippen molar-refractivity contribution in [2.45, 2.75) is 19.8 Å². The van der Waals surface area contributed by atoms with Gasteiger partial charge >= 0.3 is 5.97 Å². The number of carbonyl (C=O) groups is 1. The van der Waals surface area contributed by atoms with Gasteiger partial charge in [0.2, 0.25) is 0 Å². The third-order valence-electron chi connectivity index (χ3n) is 3.11. The van der Waals surface area contributed by atoms with Gasteiger partial charge in [-0.2, -0.15) is 0 Å². The summed E-state index contributed by atoms with van der Waals surface area (Å²) in [5.74, 6) is -0.137. The second-order valence-corrected chi connectivity index (χ2v) is 5.77. The van der Waals surface area contributed by atoms with Crippen LogP contribution in [0, 0.1) is 0 Å². The minimum absolute atomic E-state index is 0.138. The number of para-hydroxylation sites is 1. The van der Waals surface area contributed by atoms with E-state index >= 15 is 0 Å². The number of carboxylic acid groups (broad SMARTS) is 1. The quantitative estimate of drug-likeness (QED) is 0.898. The van der Waals surface area contributed by atoms with Gasteiger partial charge in [0, 0.05) is 10.4 Å². The normalized spacial score (nSPS) is 10.8. The molecule has 0 amide bonds. The van der Waals surface area contributed by atoms with Crippen LogP contribution in [0.15, 0.2) is 24.3 Å². The summed E-state index contributed by atoms with van der Waals surface area (Å²) >= 11 is 1.20. The molecule has 0 radical (unpaired) electrons. The van der Waals surface area contributed by atoms with Crippen LogP contribution in [0.3, 0.4) is 0 Å². The summed E-state index contributed by atoms with van der Waals surface area (Å²) in [6.45, 7) is 4.01. The lowest BCUT2D eigenvalue weighted by molar-refractivity contribution is 0.0703. The van der Waals surface area contributed by atoms with Crippen molar-refractivity contribution in [2.75, 3.05) is 12.8 Å². The fraction of sp³-hybridized carbons (Fsp3) is 0.267. The highest BCUT2D eigenvalue weighted by Crippen LogP contribution is 2.45. The molecule has 0 aliphatic carbocycles. The maximum atomic E-state index is 11.3. The molecule has 0 spiro atoms. The average molecular weight is 291 g/mol. The molecule has 2 rings (SSSR count). The predicted molar refractivity (Wildman–Crippen MR) is 81.8 cm³/mol. The molecule has 0 fully saturated rings. The number of anilines is 1. The van der Waals surface area contributed by atoms with E-state index in [1.807, 2.05) is 38.1 Å². The minimum atomic E-state index is -0.990. The number of carboxylic acids is 1. The third-order valence-corrected chi connectivity index (χ3v) is 4.35. The maximum absolute atomic E-state index is 11.3. The highest BCUT2D eigenvalue weighted by atomic mass is 32.1. The van der Waals surface area contributed by atoms with Gasteiger partial charge in [0.25, 0.3) is 0 Å². The molecule has 106 valence electrons. The molecule has 0 unspecified atom stereocenters. The first-order valence-electron chi connectivity index (χ1n) is 6.26. The number of nitrogen functional groups attached to an aromatic ring is 1. The van der Waals surface area contributed by atoms with Crippen molar-refractivity contribution in [2.24, 2.45) is 0 Å². The first-order chi connectivity index (χ1) is 9.47. The lowest BCUT2D eigenvalue weighted by atomic mass is 9.98. The highest BCUT2D eigenvalue weighted by Gasteiger charge is 2.24. The van der Waals surface area contributed by atoms with Gasteiger partial charge < -0.3 is 15.6 Å². The molecule has 0 saturated carbocycles. The van der Waals surface area contributed by atoms with Gasteiger partial charge in [0.15, 0.2) is 0 Å². The van der Waals surface area contributed by atoms with E-state index in [0.717, 1.165) is 16.0 Å². The Morgan fingerprint density at radius 2 is 2.00 bits per heavy atom. The number of hydrogen-bond acceptors (Lipinski definition) is 4. The molecule has 1 aromatic heterocycles. The van der Waals surface area contributed by atoms with Crippen molar-refractivity contribution in [3.63, 3.8) is 0 Å². The van der Waals surface area contributed by atoms with Gasteiger partial charge in [0.05, 0.1) is 12.8 Å². The van der Waals surface area contributed by atoms with Crippen molar-refractivity contribution in [3.8, 4) is 16.2 Å². The zero-order chi connectivity index (χ0) is 14.9. The van der Waals surface area contributed by atoms with E-state index in [1.54, 1.807) is 7.11 Å². The molecule has 1 aromatic carbocycles. The number of ether oxygens (including phenoxy) is 1. The zero-order valence-corrected chi connectivity index (χ0v) is 12.5. The van der Waals surface area contributed by atoms with Crippen molar-refractivity contribution in [3.05, 3.63) is 34.7 Å². The van der Waals surface area contributed by atoms with E-state index in [-0.39, 0.29) is 10.8 Å². The maximum Gasteiger partial charge on any atom is 0.348 e. The van der Waals surface area contributed by atoms with Crippen molar-refractivity contribution < 1.29 is 14.6 Å². The Labute approximate surface area is 121 Å². The molecule has 0 aliphatic rings. The van der Waals surface area contributed by atoms with E-state index in [9.17, 15) is 9.90 Å². The summed E-state index contributed by atoms with van der Waals surface area (Å²) in [4.78, 5) is 12.4. The molecule has 0 aliphatic heterocycles. The second-order valence-electron chi connectivity index (χ2n) is 4.75. The van der Waals surface area contributed by atoms with Gasteiger partial charge in [-0.25, -0.2) is 4.79 Å². The van der Waals surface area contributed by atoms with E-state index < -0.39 is 5.97 Å². The van der Waals surface area contributed by atoms with Crippen LogP contribution in [-0.2, 0) is 0 Å². The molecule has 4 nitrogen and oxygen atoms in total. The summed E-state index contributed by atoms with van der Waals surface area (Å²) in [7, 11) is 1.60. The summed E-state index contributed by atoms with van der Waals surface area (Å²) in [5, 5.41) is 9.26. The van der Waals surface area contributed by atoms with E-state index in [2.05, 4.69) is 0 Å². The van der Waals surface area contributed by atoms with E-state index in [1.165, 1.54) is 11.3 Å². The van der Waals surface area contributed by atoms with Crippen LogP contribution in [0.25, 0.3) is 10.4 Å². The van der Waals surface area contributed by atoms with Gasteiger partial charge in [-0.1, -0.05) is 26.0 Å². The molecule has 0 bridgehead atoms. The van der Waals surface area contributed by atoms with Crippen LogP contribution in [0.1, 0.15) is 35.0 Å². The number of rotatable bonds is 4. The van der Waals surface area contributed by atoms with Crippen LogP contribution in [0.4, 0.5) is 5.69 Å². The van der Waals surface area contributed by atoms with Crippen LogP contribution < -0.4 is 10.5 Å². The number of benzene rings is 1. The molecule has 20 heavy (non-hydrogen) atoms. The molecule has 1 heterocycles.